The molecule has 0 aliphatic heterocycles. The first kappa shape index (κ1) is 24.2. The smallest absolute Gasteiger partial charge is 0.378 e. The third kappa shape index (κ3) is 6.78. The topological polar surface area (TPSA) is 122 Å². The number of nitrogens with zero attached hydrogens (tertiary/aromatic N) is 6. The maximum absolute atomic E-state index is 9.33. The predicted molar refractivity (Wildman–Crippen MR) is 96.2 cm³/mol. The van der Waals surface area contributed by atoms with Gasteiger partial charge in [0.05, 0.1) is 0 Å². The fourth-order valence-corrected chi connectivity index (χ4v) is 1.98. The quantitative estimate of drug-likeness (QED) is 0.313. The zero-order chi connectivity index (χ0) is 19.5. The van der Waals surface area contributed by atoms with Crippen molar-refractivity contribution in [2.24, 2.45) is 0 Å². The molecule has 0 N–H and O–H groups in total. The van der Waals surface area contributed by atoms with E-state index in [-0.39, 0.29) is 62.5 Å². The Bertz CT molecular complexity index is 934. The summed E-state index contributed by atoms with van der Waals surface area (Å²) in [4.78, 5) is 1.96. The monoisotopic (exact) mass is 376 g/mol. The molecule has 0 fully saturated rings. The molecular weight excluding hydrogens is 363 g/mol. The Labute approximate surface area is 201 Å². The van der Waals surface area contributed by atoms with Gasteiger partial charge in [-0.05, 0) is 23.3 Å². The molecule has 0 spiro atoms. The molecule has 0 atom stereocenters. The summed E-state index contributed by atoms with van der Waals surface area (Å²) in [6.45, 7) is 0. The molecule has 0 radical (unpaired) electrons. The van der Waals surface area contributed by atoms with E-state index in [1.807, 2.05) is 49.3 Å². The zero-order valence-electron chi connectivity index (χ0n) is 15.2. The first-order chi connectivity index (χ1) is 12.5. The van der Waals surface area contributed by atoms with Crippen LogP contribution in [-0.4, -0.2) is 14.1 Å². The van der Waals surface area contributed by atoms with Gasteiger partial charge in [-0.2, -0.15) is 0 Å². The van der Waals surface area contributed by atoms with Crippen molar-refractivity contribution >= 4 is 11.8 Å². The fraction of sp³-hybridized carbons (Fsp3) is 0.100. The maximum atomic E-state index is 9.33. The van der Waals surface area contributed by atoms with Crippen molar-refractivity contribution in [3.63, 3.8) is 0 Å². The first-order valence-corrected chi connectivity index (χ1v) is 7.30. The Morgan fingerprint density at radius 1 is 0.926 bits per heavy atom. The van der Waals surface area contributed by atoms with Gasteiger partial charge >= 0.3 is 51.4 Å². The molecule has 1 rings (SSSR count). The first-order valence-electron chi connectivity index (χ1n) is 7.30. The van der Waals surface area contributed by atoms with Crippen molar-refractivity contribution in [3.8, 4) is 30.3 Å². The van der Waals surface area contributed by atoms with E-state index in [0.717, 1.165) is 11.3 Å². The van der Waals surface area contributed by atoms with Crippen LogP contribution in [0.2, 0.25) is 0 Å². The van der Waals surface area contributed by atoms with E-state index in [2.05, 4.69) is 0 Å². The number of benzene rings is 1. The molecule has 0 unspecified atom stereocenters. The second kappa shape index (κ2) is 12.5. The molecular formula is C20H13KN6. The predicted octanol–water partition coefficient (Wildman–Crippen LogP) is 0.185. The Morgan fingerprint density at radius 3 is 1.89 bits per heavy atom. The molecule has 0 amide bonds. The summed E-state index contributed by atoms with van der Waals surface area (Å²) in [5.41, 5.74) is 1.09. The zero-order valence-corrected chi connectivity index (χ0v) is 18.3. The summed E-state index contributed by atoms with van der Waals surface area (Å²) >= 11 is 0. The van der Waals surface area contributed by atoms with Gasteiger partial charge in [-0.25, -0.2) is 26.3 Å². The van der Waals surface area contributed by atoms with Crippen LogP contribution in [0.15, 0.2) is 53.1 Å². The van der Waals surface area contributed by atoms with E-state index >= 15 is 0 Å². The van der Waals surface area contributed by atoms with Crippen molar-refractivity contribution in [1.82, 2.24) is 0 Å². The van der Waals surface area contributed by atoms with Crippen LogP contribution in [0, 0.1) is 62.6 Å². The van der Waals surface area contributed by atoms with Crippen LogP contribution in [0.25, 0.3) is 6.08 Å². The van der Waals surface area contributed by atoms with E-state index in [9.17, 15) is 5.26 Å². The molecule has 0 aliphatic rings. The molecule has 0 aromatic heterocycles. The van der Waals surface area contributed by atoms with E-state index in [1.165, 1.54) is 6.08 Å². The summed E-state index contributed by atoms with van der Waals surface area (Å²) in [5, 5.41) is 45.5. The SMILES string of the molecule is CN(C)c1ccc(/C=C/C=C(\C#N)C(=C(C#N)C#N)[C-](C#N)C#N)cc1.[K+]. The molecule has 1 aromatic rings. The molecule has 0 heterocycles. The van der Waals surface area contributed by atoms with Gasteiger partial charge in [0.25, 0.3) is 0 Å². The second-order valence-corrected chi connectivity index (χ2v) is 5.11. The van der Waals surface area contributed by atoms with Gasteiger partial charge in [0.2, 0.25) is 0 Å². The Morgan fingerprint density at radius 2 is 1.48 bits per heavy atom. The van der Waals surface area contributed by atoms with Gasteiger partial charge in [0.15, 0.2) is 0 Å². The Balaban J connectivity index is 0.00000676. The summed E-state index contributed by atoms with van der Waals surface area (Å²) in [6, 6.07) is 15.9. The molecule has 0 saturated heterocycles. The van der Waals surface area contributed by atoms with Crippen molar-refractivity contribution in [2.45, 2.75) is 0 Å². The Kier molecular flexibility index (Phi) is 11.2. The third-order valence-corrected chi connectivity index (χ3v) is 3.30. The minimum atomic E-state index is -0.459. The van der Waals surface area contributed by atoms with Gasteiger partial charge in [0.1, 0.15) is 0 Å². The summed E-state index contributed by atoms with van der Waals surface area (Å²) in [7, 11) is 3.86. The van der Waals surface area contributed by atoms with E-state index in [4.69, 9.17) is 21.0 Å². The molecule has 6 nitrogen and oxygen atoms in total. The van der Waals surface area contributed by atoms with Gasteiger partial charge in [-0.3, -0.25) is 0 Å². The molecule has 7 heteroatoms. The summed E-state index contributed by atoms with van der Waals surface area (Å²) in [6.07, 6.45) is 4.64. The van der Waals surface area contributed by atoms with Crippen LogP contribution in [0.3, 0.4) is 0 Å². The van der Waals surface area contributed by atoms with Crippen molar-refractivity contribution in [3.05, 3.63) is 64.6 Å². The number of rotatable bonds is 5. The maximum Gasteiger partial charge on any atom is 1.00 e. The largest absolute Gasteiger partial charge is 1.00 e. The van der Waals surface area contributed by atoms with Crippen LogP contribution in [0.5, 0.6) is 0 Å². The average molecular weight is 376 g/mol. The van der Waals surface area contributed by atoms with Crippen LogP contribution in [0.4, 0.5) is 5.69 Å². The normalized spacial score (nSPS) is 9.44. The number of hydrogen-bond donors (Lipinski definition) is 0. The van der Waals surface area contributed by atoms with Crippen molar-refractivity contribution in [2.75, 3.05) is 19.0 Å². The summed E-state index contributed by atoms with van der Waals surface area (Å²) in [5.74, 6) is -0.459. The van der Waals surface area contributed by atoms with Gasteiger partial charge in [-0.15, -0.1) is 11.6 Å². The average Bonchev–Trinajstić information content (AvgIpc) is 2.66. The second-order valence-electron chi connectivity index (χ2n) is 5.11. The number of anilines is 1. The van der Waals surface area contributed by atoms with E-state index < -0.39 is 11.5 Å². The molecule has 124 valence electrons. The van der Waals surface area contributed by atoms with Crippen molar-refractivity contribution in [1.29, 1.82) is 26.3 Å². The van der Waals surface area contributed by atoms with Gasteiger partial charge in [-0.1, -0.05) is 24.3 Å². The van der Waals surface area contributed by atoms with Crippen LogP contribution >= 0.6 is 0 Å². The Hall–Kier alpha value is -2.80. The minimum absolute atomic E-state index is 0. The van der Waals surface area contributed by atoms with Crippen LogP contribution < -0.4 is 56.3 Å². The minimum Gasteiger partial charge on any atom is -0.378 e. The van der Waals surface area contributed by atoms with E-state index in [0.29, 0.717) is 0 Å². The number of hydrogen-bond acceptors (Lipinski definition) is 6. The van der Waals surface area contributed by atoms with Crippen LogP contribution in [0.1, 0.15) is 5.56 Å². The van der Waals surface area contributed by atoms with Crippen LogP contribution in [-0.2, 0) is 0 Å². The van der Waals surface area contributed by atoms with E-state index in [1.54, 1.807) is 36.4 Å². The van der Waals surface area contributed by atoms with Crippen molar-refractivity contribution < 1.29 is 51.4 Å². The molecule has 0 saturated carbocycles. The third-order valence-electron chi connectivity index (χ3n) is 3.30. The molecule has 27 heavy (non-hydrogen) atoms. The number of allylic oxidation sites excluding steroid dienone is 5. The molecule has 0 aliphatic carbocycles. The fourth-order valence-electron chi connectivity index (χ4n) is 1.98. The molecule has 1 aromatic carbocycles. The van der Waals surface area contributed by atoms with Gasteiger partial charge < -0.3 is 4.90 Å². The summed E-state index contributed by atoms with van der Waals surface area (Å²) < 4.78 is 0. The standard InChI is InChI=1S/C20H13N6.K/c1-26(2)19-8-6-15(7-9-19)4-3-5-16(10-21)20(17(11-22)12-23)18(13-24)14-25;/h3-9H,1-2H3;/q-1;+1/b4-3+,16-5+;. The van der Waals surface area contributed by atoms with Gasteiger partial charge in [0, 0.05) is 61.6 Å². The molecule has 0 bridgehead atoms. The number of nitriles is 5.